The summed E-state index contributed by atoms with van der Waals surface area (Å²) >= 11 is 11.3. The molecule has 0 aromatic carbocycles. The minimum Gasteiger partial charge on any atom is -0.381 e. The van der Waals surface area contributed by atoms with Gasteiger partial charge in [0.15, 0.2) is 4.83 Å². The lowest BCUT2D eigenvalue weighted by Crippen LogP contribution is -2.57. The van der Waals surface area contributed by atoms with Crippen LogP contribution in [0.25, 0.3) is 0 Å². The smallest absolute Gasteiger partial charge is 0.268 e. The second kappa shape index (κ2) is 13.6. The second-order valence-corrected chi connectivity index (χ2v) is 11.8. The van der Waals surface area contributed by atoms with E-state index in [4.69, 9.17) is 11.6 Å². The molecule has 2 aliphatic rings. The number of thiol groups is 1. The van der Waals surface area contributed by atoms with Crippen LogP contribution in [0.4, 0.5) is 0 Å². The summed E-state index contributed by atoms with van der Waals surface area (Å²) in [7, 11) is 0. The van der Waals surface area contributed by atoms with Gasteiger partial charge in [-0.05, 0) is 31.1 Å². The number of amides is 4. The van der Waals surface area contributed by atoms with E-state index in [0.29, 0.717) is 19.4 Å². The number of carbonyl (C=O) groups is 4. The number of carbonyl (C=O) groups excluding carboxylic acids is 4. The van der Waals surface area contributed by atoms with Gasteiger partial charge in [0.1, 0.15) is 23.2 Å². The molecular weight excluding hydrogens is 514 g/mol. The van der Waals surface area contributed by atoms with E-state index in [0.717, 1.165) is 0 Å². The third-order valence-corrected chi connectivity index (χ3v) is 7.29. The highest BCUT2D eigenvalue weighted by atomic mass is 35.5. The zero-order valence-electron chi connectivity index (χ0n) is 20.3. The molecule has 198 valence electrons. The van der Waals surface area contributed by atoms with Gasteiger partial charge in [-0.2, -0.15) is 0 Å². The van der Waals surface area contributed by atoms with Crippen LogP contribution in [0.3, 0.4) is 0 Å². The lowest BCUT2D eigenvalue weighted by Gasteiger charge is -2.29. The van der Waals surface area contributed by atoms with Crippen LogP contribution in [-0.4, -0.2) is 63.7 Å². The molecule has 2 aliphatic heterocycles. The molecule has 2 rings (SSSR count). The average Bonchev–Trinajstić information content (AvgIpc) is 3.38. The summed E-state index contributed by atoms with van der Waals surface area (Å²) in [5, 5.41) is 25.4. The van der Waals surface area contributed by atoms with Crippen LogP contribution >= 0.6 is 36.0 Å². The van der Waals surface area contributed by atoms with E-state index in [2.05, 4.69) is 39.2 Å². The number of rotatable bonds is 12. The van der Waals surface area contributed by atoms with Gasteiger partial charge in [-0.1, -0.05) is 51.1 Å². The molecule has 4 amide bonds. The summed E-state index contributed by atoms with van der Waals surface area (Å²) in [6.45, 7) is 7.97. The summed E-state index contributed by atoms with van der Waals surface area (Å²) in [4.78, 5) is 50.4. The summed E-state index contributed by atoms with van der Waals surface area (Å²) < 4.78 is 0. The maximum atomic E-state index is 13.1. The lowest BCUT2D eigenvalue weighted by molar-refractivity contribution is -0.133. The molecular formula is C22H36ClN5O5S2. The van der Waals surface area contributed by atoms with Crippen LogP contribution in [-0.2, 0) is 19.2 Å². The molecule has 13 heteroatoms. The number of aliphatic hydroxyl groups is 1. The van der Waals surface area contributed by atoms with E-state index in [-0.39, 0.29) is 35.8 Å². The number of nitrogens with one attached hydrogen (secondary N) is 5. The molecule has 0 radical (unpaired) electrons. The summed E-state index contributed by atoms with van der Waals surface area (Å²) in [6.07, 6.45) is 1.19. The molecule has 6 N–H and O–H groups in total. The van der Waals surface area contributed by atoms with Gasteiger partial charge in [0, 0.05) is 17.9 Å². The average molecular weight is 550 g/mol. The van der Waals surface area contributed by atoms with Gasteiger partial charge >= 0.3 is 0 Å². The number of aliphatic hydroxyl groups excluding tert-OH is 1. The summed E-state index contributed by atoms with van der Waals surface area (Å²) in [5.41, 5.74) is -0.909. The van der Waals surface area contributed by atoms with Crippen LogP contribution in [0.15, 0.2) is 11.1 Å². The van der Waals surface area contributed by atoms with Crippen molar-refractivity contribution < 1.29 is 24.3 Å². The molecule has 0 bridgehead atoms. The van der Waals surface area contributed by atoms with Crippen LogP contribution in [0.5, 0.6) is 0 Å². The Balaban J connectivity index is 2.07. The van der Waals surface area contributed by atoms with Crippen molar-refractivity contribution in [3.05, 3.63) is 11.1 Å². The third-order valence-electron chi connectivity index (χ3n) is 5.78. The topological polar surface area (TPSA) is 149 Å². The van der Waals surface area contributed by atoms with Gasteiger partial charge in [0.05, 0.1) is 6.04 Å². The monoisotopic (exact) mass is 549 g/mol. The SMILES string of the molecule is CC(C)C[C@H](NC(=O)[C@@H](NC(=O)C1=CSC(Cl)N1)C(C)C)C(=O)N[C@@H](C[C@@H]1CCNC1=O)[C@@H](O)S. The Bertz CT molecular complexity index is 826. The van der Waals surface area contributed by atoms with Crippen molar-refractivity contribution in [1.29, 1.82) is 0 Å². The maximum absolute atomic E-state index is 13.1. The molecule has 1 fully saturated rings. The van der Waals surface area contributed by atoms with Crippen LogP contribution in [0.1, 0.15) is 47.0 Å². The molecule has 0 aliphatic carbocycles. The minimum atomic E-state index is -1.18. The first kappa shape index (κ1) is 29.6. The molecule has 2 heterocycles. The molecule has 0 aromatic rings. The fourth-order valence-corrected chi connectivity index (χ4v) is 4.96. The lowest BCUT2D eigenvalue weighted by atomic mass is 9.97. The molecule has 0 saturated carbocycles. The number of hydrogen-bond donors (Lipinski definition) is 7. The van der Waals surface area contributed by atoms with Crippen LogP contribution < -0.4 is 26.6 Å². The fraction of sp³-hybridized carbons (Fsp3) is 0.727. The van der Waals surface area contributed by atoms with Crippen molar-refractivity contribution in [3.8, 4) is 0 Å². The van der Waals surface area contributed by atoms with E-state index in [1.807, 2.05) is 13.8 Å². The molecule has 10 nitrogen and oxygen atoms in total. The predicted octanol–water partition coefficient (Wildman–Crippen LogP) is 0.618. The predicted molar refractivity (Wildman–Crippen MR) is 139 cm³/mol. The Morgan fingerprint density at radius 2 is 1.89 bits per heavy atom. The van der Waals surface area contributed by atoms with Gasteiger partial charge in [-0.3, -0.25) is 19.2 Å². The summed E-state index contributed by atoms with van der Waals surface area (Å²) in [5.74, 6) is -2.08. The van der Waals surface area contributed by atoms with Crippen molar-refractivity contribution in [3.63, 3.8) is 0 Å². The number of halogens is 1. The molecule has 35 heavy (non-hydrogen) atoms. The van der Waals surface area contributed by atoms with Crippen molar-refractivity contribution >= 4 is 59.6 Å². The number of alkyl halides is 1. The molecule has 0 spiro atoms. The normalized spacial score (nSPS) is 23.1. The second-order valence-electron chi connectivity index (χ2n) is 9.55. The largest absolute Gasteiger partial charge is 0.381 e. The summed E-state index contributed by atoms with van der Waals surface area (Å²) in [6, 6.07) is -2.56. The van der Waals surface area contributed by atoms with Gasteiger partial charge in [-0.25, -0.2) is 0 Å². The van der Waals surface area contributed by atoms with E-state index in [1.54, 1.807) is 19.3 Å². The molecule has 0 aromatic heterocycles. The standard InChI is InChI=1S/C22H36ClN5O5S2/c1-10(2)7-13(18(30)26-14(21(33)34)8-12-5-6-24-17(12)29)25-20(32)16(11(3)4)28-19(31)15-9-35-22(23)27-15/h9-14,16,21-22,27,33-34H,5-8H2,1-4H3,(H,24,29)(H,25,32)(H,26,30)(H,28,31)/t12-,13-,14-,16-,21-,22?/m0/s1. The van der Waals surface area contributed by atoms with E-state index < -0.39 is 46.1 Å². The van der Waals surface area contributed by atoms with Gasteiger partial charge in [0.2, 0.25) is 17.7 Å². The van der Waals surface area contributed by atoms with Crippen molar-refractivity contribution in [2.45, 2.75) is 75.4 Å². The maximum Gasteiger partial charge on any atom is 0.268 e. The Hall–Kier alpha value is -1.63. The highest BCUT2D eigenvalue weighted by Crippen LogP contribution is 2.23. The third kappa shape index (κ3) is 9.07. The zero-order valence-corrected chi connectivity index (χ0v) is 22.8. The first-order chi connectivity index (χ1) is 16.4. The van der Waals surface area contributed by atoms with E-state index in [9.17, 15) is 24.3 Å². The van der Waals surface area contributed by atoms with E-state index in [1.165, 1.54) is 11.8 Å². The quantitative estimate of drug-likeness (QED) is 0.0816. The highest BCUT2D eigenvalue weighted by Gasteiger charge is 2.34. The van der Waals surface area contributed by atoms with Crippen LogP contribution in [0.2, 0.25) is 0 Å². The van der Waals surface area contributed by atoms with Gasteiger partial charge in [-0.15, -0.1) is 12.6 Å². The Morgan fingerprint density at radius 1 is 1.20 bits per heavy atom. The molecule has 6 atom stereocenters. The van der Waals surface area contributed by atoms with Crippen LogP contribution in [0, 0.1) is 17.8 Å². The van der Waals surface area contributed by atoms with Gasteiger partial charge in [0.25, 0.3) is 5.91 Å². The molecule has 1 unspecified atom stereocenters. The first-order valence-corrected chi connectivity index (χ1v) is 13.6. The first-order valence-electron chi connectivity index (χ1n) is 11.7. The molecule has 1 saturated heterocycles. The van der Waals surface area contributed by atoms with Gasteiger partial charge < -0.3 is 31.7 Å². The van der Waals surface area contributed by atoms with E-state index >= 15 is 0 Å². The highest BCUT2D eigenvalue weighted by molar-refractivity contribution is 8.04. The van der Waals surface area contributed by atoms with Crippen molar-refractivity contribution in [2.24, 2.45) is 17.8 Å². The van der Waals surface area contributed by atoms with Crippen molar-refractivity contribution in [1.82, 2.24) is 26.6 Å². The number of hydrogen-bond acceptors (Lipinski definition) is 8. The Morgan fingerprint density at radius 3 is 2.37 bits per heavy atom. The Labute approximate surface area is 220 Å². The minimum absolute atomic E-state index is 0.0728. The zero-order chi connectivity index (χ0) is 26.3. The number of thioether (sulfide) groups is 1. The fourth-order valence-electron chi connectivity index (χ4n) is 3.87. The van der Waals surface area contributed by atoms with Crippen molar-refractivity contribution in [2.75, 3.05) is 6.54 Å². The Kier molecular flexibility index (Phi) is 11.5.